The minimum atomic E-state index is 0.378. The Balaban J connectivity index is 2.14. The Bertz CT molecular complexity index is 562. The first-order valence-corrected chi connectivity index (χ1v) is 7.26. The van der Waals surface area contributed by atoms with Crippen molar-refractivity contribution in [3.05, 3.63) is 46.0 Å². The van der Waals surface area contributed by atoms with Gasteiger partial charge < -0.3 is 5.73 Å². The number of benzene rings is 1. The molecule has 0 saturated heterocycles. The van der Waals surface area contributed by atoms with E-state index in [1.165, 1.54) is 21.6 Å². The van der Waals surface area contributed by atoms with Crippen LogP contribution in [-0.2, 0) is 6.54 Å². The number of aromatic nitrogens is 1. The molecule has 102 valence electrons. The Morgan fingerprint density at radius 2 is 2.11 bits per heavy atom. The lowest BCUT2D eigenvalue weighted by atomic mass is 9.99. The Morgan fingerprint density at radius 3 is 2.74 bits per heavy atom. The van der Waals surface area contributed by atoms with E-state index in [2.05, 4.69) is 55.9 Å². The third kappa shape index (κ3) is 3.33. The van der Waals surface area contributed by atoms with E-state index in [1.807, 2.05) is 6.20 Å². The summed E-state index contributed by atoms with van der Waals surface area (Å²) in [5.41, 5.74) is 9.71. The molecule has 19 heavy (non-hydrogen) atoms. The van der Waals surface area contributed by atoms with Crippen molar-refractivity contribution in [2.75, 3.05) is 12.8 Å². The Kier molecular flexibility index (Phi) is 4.22. The number of hydrogen-bond donors (Lipinski definition) is 1. The third-order valence-corrected chi connectivity index (χ3v) is 4.33. The summed E-state index contributed by atoms with van der Waals surface area (Å²) in [6.07, 6.45) is 1.87. The maximum absolute atomic E-state index is 5.67. The van der Waals surface area contributed by atoms with Crippen LogP contribution in [-0.4, -0.2) is 16.9 Å². The summed E-state index contributed by atoms with van der Waals surface area (Å²) in [4.78, 5) is 7.64. The summed E-state index contributed by atoms with van der Waals surface area (Å²) in [5, 5.41) is 0.641. The van der Waals surface area contributed by atoms with Gasteiger partial charge in [-0.25, -0.2) is 4.98 Å². The van der Waals surface area contributed by atoms with Crippen molar-refractivity contribution in [2.45, 2.75) is 33.4 Å². The van der Waals surface area contributed by atoms with Gasteiger partial charge in [0.1, 0.15) is 0 Å². The summed E-state index contributed by atoms with van der Waals surface area (Å²) in [6.45, 7) is 7.43. The highest BCUT2D eigenvalue weighted by atomic mass is 32.1. The average molecular weight is 275 g/mol. The maximum Gasteiger partial charge on any atom is 0.180 e. The zero-order chi connectivity index (χ0) is 14.0. The van der Waals surface area contributed by atoms with E-state index in [1.54, 1.807) is 11.3 Å². The zero-order valence-corrected chi connectivity index (χ0v) is 12.8. The van der Waals surface area contributed by atoms with E-state index < -0.39 is 0 Å². The van der Waals surface area contributed by atoms with Crippen LogP contribution in [0.4, 0.5) is 5.13 Å². The molecule has 1 heterocycles. The molecule has 2 rings (SSSR count). The van der Waals surface area contributed by atoms with Gasteiger partial charge in [-0.1, -0.05) is 23.8 Å². The van der Waals surface area contributed by atoms with Gasteiger partial charge in [0.2, 0.25) is 0 Å². The number of nitrogen functional groups attached to an aromatic ring is 1. The number of nitrogens with two attached hydrogens (primary N) is 1. The molecule has 0 saturated carbocycles. The molecule has 1 aromatic heterocycles. The monoisotopic (exact) mass is 275 g/mol. The minimum Gasteiger partial charge on any atom is -0.375 e. The molecule has 0 aliphatic carbocycles. The van der Waals surface area contributed by atoms with E-state index in [0.717, 1.165) is 6.54 Å². The second kappa shape index (κ2) is 5.72. The molecule has 2 N–H and O–H groups in total. The standard InChI is InChI=1S/C15H21N3S/c1-10-5-6-11(2)14(7-10)12(3)18(4)9-13-8-17-15(16)19-13/h5-8,12H,9H2,1-4H3,(H2,16,17). The van der Waals surface area contributed by atoms with Gasteiger partial charge in [-0.3, -0.25) is 4.90 Å². The number of thiazole rings is 1. The van der Waals surface area contributed by atoms with Crippen molar-refractivity contribution in [3.63, 3.8) is 0 Å². The number of aryl methyl sites for hydroxylation is 2. The predicted molar refractivity (Wildman–Crippen MR) is 82.3 cm³/mol. The molecular weight excluding hydrogens is 254 g/mol. The lowest BCUT2D eigenvalue weighted by Crippen LogP contribution is -2.22. The van der Waals surface area contributed by atoms with Crippen LogP contribution in [0.5, 0.6) is 0 Å². The van der Waals surface area contributed by atoms with Crippen molar-refractivity contribution in [2.24, 2.45) is 0 Å². The highest BCUT2D eigenvalue weighted by molar-refractivity contribution is 7.15. The summed E-state index contributed by atoms with van der Waals surface area (Å²) < 4.78 is 0. The molecule has 1 unspecified atom stereocenters. The minimum absolute atomic E-state index is 0.378. The zero-order valence-electron chi connectivity index (χ0n) is 12.0. The molecule has 1 aromatic carbocycles. The summed E-state index contributed by atoms with van der Waals surface area (Å²) in [5.74, 6) is 0. The van der Waals surface area contributed by atoms with E-state index in [4.69, 9.17) is 5.73 Å². The van der Waals surface area contributed by atoms with Crippen molar-refractivity contribution < 1.29 is 0 Å². The molecule has 0 aliphatic rings. The number of hydrogen-bond acceptors (Lipinski definition) is 4. The summed E-state index contributed by atoms with van der Waals surface area (Å²) >= 11 is 1.56. The van der Waals surface area contributed by atoms with Gasteiger partial charge in [0, 0.05) is 23.7 Å². The Hall–Kier alpha value is -1.39. The normalized spacial score (nSPS) is 12.9. The number of rotatable bonds is 4. The van der Waals surface area contributed by atoms with Gasteiger partial charge in [0.15, 0.2) is 5.13 Å². The van der Waals surface area contributed by atoms with Crippen LogP contribution >= 0.6 is 11.3 Å². The van der Waals surface area contributed by atoms with Crippen LogP contribution in [0.3, 0.4) is 0 Å². The first-order valence-electron chi connectivity index (χ1n) is 6.45. The van der Waals surface area contributed by atoms with Crippen molar-refractivity contribution >= 4 is 16.5 Å². The fraction of sp³-hybridized carbons (Fsp3) is 0.400. The molecule has 2 aromatic rings. The third-order valence-electron chi connectivity index (χ3n) is 3.52. The largest absolute Gasteiger partial charge is 0.375 e. The van der Waals surface area contributed by atoms with E-state index >= 15 is 0 Å². The van der Waals surface area contributed by atoms with Crippen molar-refractivity contribution in [1.29, 1.82) is 0 Å². The van der Waals surface area contributed by atoms with E-state index in [0.29, 0.717) is 11.2 Å². The number of anilines is 1. The predicted octanol–water partition coefficient (Wildman–Crippen LogP) is 3.54. The van der Waals surface area contributed by atoms with Crippen LogP contribution in [0.15, 0.2) is 24.4 Å². The van der Waals surface area contributed by atoms with E-state index in [-0.39, 0.29) is 0 Å². The molecule has 0 aliphatic heterocycles. The van der Waals surface area contributed by atoms with Gasteiger partial charge in [0.05, 0.1) is 0 Å². The fourth-order valence-electron chi connectivity index (χ4n) is 2.23. The van der Waals surface area contributed by atoms with Crippen molar-refractivity contribution in [1.82, 2.24) is 9.88 Å². The first kappa shape index (κ1) is 14.0. The average Bonchev–Trinajstić information content (AvgIpc) is 2.77. The Morgan fingerprint density at radius 1 is 1.37 bits per heavy atom. The molecule has 0 radical (unpaired) electrons. The fourth-order valence-corrected chi connectivity index (χ4v) is 2.97. The van der Waals surface area contributed by atoms with Crippen molar-refractivity contribution in [3.8, 4) is 0 Å². The van der Waals surface area contributed by atoms with Crippen LogP contribution in [0.25, 0.3) is 0 Å². The van der Waals surface area contributed by atoms with Crippen LogP contribution in [0.2, 0.25) is 0 Å². The maximum atomic E-state index is 5.67. The molecule has 0 bridgehead atoms. The first-order chi connectivity index (χ1) is 8.97. The molecule has 3 nitrogen and oxygen atoms in total. The van der Waals surface area contributed by atoms with Gasteiger partial charge in [-0.2, -0.15) is 0 Å². The lowest BCUT2D eigenvalue weighted by molar-refractivity contribution is 0.254. The SMILES string of the molecule is Cc1ccc(C)c(C(C)N(C)Cc2cnc(N)s2)c1. The van der Waals surface area contributed by atoms with E-state index in [9.17, 15) is 0 Å². The van der Waals surface area contributed by atoms with Crippen LogP contribution < -0.4 is 5.73 Å². The molecule has 1 atom stereocenters. The molecule has 4 heteroatoms. The van der Waals surface area contributed by atoms with Gasteiger partial charge >= 0.3 is 0 Å². The Labute approximate surface area is 119 Å². The highest BCUT2D eigenvalue weighted by Crippen LogP contribution is 2.26. The quantitative estimate of drug-likeness (QED) is 0.928. The molecule has 0 amide bonds. The lowest BCUT2D eigenvalue weighted by Gasteiger charge is -2.26. The second-order valence-corrected chi connectivity index (χ2v) is 6.26. The molecular formula is C15H21N3S. The van der Waals surface area contributed by atoms with Crippen LogP contribution in [0.1, 0.15) is 34.5 Å². The smallest absolute Gasteiger partial charge is 0.180 e. The summed E-state index contributed by atoms with van der Waals surface area (Å²) in [6, 6.07) is 7.01. The topological polar surface area (TPSA) is 42.2 Å². The van der Waals surface area contributed by atoms with Gasteiger partial charge in [-0.15, -0.1) is 11.3 Å². The molecule has 0 fully saturated rings. The molecule has 0 spiro atoms. The van der Waals surface area contributed by atoms with Crippen LogP contribution in [0, 0.1) is 13.8 Å². The highest BCUT2D eigenvalue weighted by Gasteiger charge is 2.15. The van der Waals surface area contributed by atoms with Gasteiger partial charge in [0.25, 0.3) is 0 Å². The second-order valence-electron chi connectivity index (χ2n) is 5.12. The van der Waals surface area contributed by atoms with Gasteiger partial charge in [-0.05, 0) is 38.9 Å². The number of nitrogens with zero attached hydrogens (tertiary/aromatic N) is 2. The summed E-state index contributed by atoms with van der Waals surface area (Å²) in [7, 11) is 2.14.